The van der Waals surface area contributed by atoms with Gasteiger partial charge in [0.15, 0.2) is 17.4 Å². The zero-order valence-electron chi connectivity index (χ0n) is 12.7. The normalized spacial score (nSPS) is 20.8. The van der Waals surface area contributed by atoms with Gasteiger partial charge in [0, 0.05) is 0 Å². The lowest BCUT2D eigenvalue weighted by molar-refractivity contribution is -0.149. The van der Waals surface area contributed by atoms with Gasteiger partial charge in [-0.2, -0.15) is 0 Å². The third kappa shape index (κ3) is 4.18. The van der Waals surface area contributed by atoms with Crippen LogP contribution in [0.1, 0.15) is 43.0 Å². The van der Waals surface area contributed by atoms with Crippen LogP contribution in [0.15, 0.2) is 12.1 Å². The molecule has 0 spiro atoms. The average Bonchev–Trinajstić information content (AvgIpc) is 2.51. The molecule has 0 atom stereocenters. The monoisotopic (exact) mass is 328 g/mol. The van der Waals surface area contributed by atoms with E-state index in [-0.39, 0.29) is 11.9 Å². The summed E-state index contributed by atoms with van der Waals surface area (Å²) in [7, 11) is 0. The minimum atomic E-state index is -1.41. The molecule has 0 radical (unpaired) electrons. The lowest BCUT2D eigenvalue weighted by Crippen LogP contribution is -2.29. The largest absolute Gasteiger partial charge is 0.484 e. The minimum Gasteiger partial charge on any atom is -0.484 e. The Kier molecular flexibility index (Phi) is 5.52. The van der Waals surface area contributed by atoms with Crippen molar-refractivity contribution in [1.82, 2.24) is 0 Å². The van der Waals surface area contributed by atoms with Gasteiger partial charge in [-0.05, 0) is 44.7 Å². The molecule has 1 aromatic carbocycles. The summed E-state index contributed by atoms with van der Waals surface area (Å²) >= 11 is 0. The molecule has 0 aliphatic heterocycles. The highest BCUT2D eigenvalue weighted by Gasteiger charge is 2.29. The van der Waals surface area contributed by atoms with Crippen LogP contribution in [0.2, 0.25) is 0 Å². The Morgan fingerprint density at radius 1 is 1.17 bits per heavy atom. The third-order valence-electron chi connectivity index (χ3n) is 3.82. The Morgan fingerprint density at radius 3 is 2.22 bits per heavy atom. The van der Waals surface area contributed by atoms with Crippen LogP contribution in [0.25, 0.3) is 0 Å². The van der Waals surface area contributed by atoms with Crippen molar-refractivity contribution in [2.24, 2.45) is 5.92 Å². The number of ether oxygens (including phenoxy) is 2. The number of carbonyl (C=O) groups excluding carboxylic acids is 1. The van der Waals surface area contributed by atoms with E-state index in [0.717, 1.165) is 12.1 Å². The van der Waals surface area contributed by atoms with Crippen LogP contribution in [0, 0.1) is 17.6 Å². The summed E-state index contributed by atoms with van der Waals surface area (Å²) in [5.74, 6) is -4.54. The van der Waals surface area contributed by atoms with E-state index in [4.69, 9.17) is 14.6 Å². The zero-order chi connectivity index (χ0) is 17.0. The van der Waals surface area contributed by atoms with E-state index in [1.165, 1.54) is 0 Å². The van der Waals surface area contributed by atoms with Gasteiger partial charge in [0.1, 0.15) is 0 Å². The molecule has 7 heteroatoms. The maximum absolute atomic E-state index is 13.8. The van der Waals surface area contributed by atoms with Gasteiger partial charge in [0.2, 0.25) is 0 Å². The lowest BCUT2D eigenvalue weighted by atomic mass is 9.87. The highest BCUT2D eigenvalue weighted by atomic mass is 19.1. The molecular formula is C16H18F2O5. The van der Waals surface area contributed by atoms with Gasteiger partial charge in [-0.25, -0.2) is 13.6 Å². The summed E-state index contributed by atoms with van der Waals surface area (Å²) in [6, 6.07) is 1.45. The molecule has 1 aliphatic rings. The molecule has 2 rings (SSSR count). The SMILES string of the molecule is CCOC(=O)C1CCC(Oc2c(F)cc(C(=O)O)cc2F)CC1. The van der Waals surface area contributed by atoms with E-state index in [9.17, 15) is 18.4 Å². The summed E-state index contributed by atoms with van der Waals surface area (Å²) in [6.07, 6.45) is 1.59. The van der Waals surface area contributed by atoms with Gasteiger partial charge in [-0.1, -0.05) is 0 Å². The first-order valence-corrected chi connectivity index (χ1v) is 7.48. The number of rotatable bonds is 5. The number of benzene rings is 1. The van der Waals surface area contributed by atoms with Crippen molar-refractivity contribution in [1.29, 1.82) is 0 Å². The van der Waals surface area contributed by atoms with Gasteiger partial charge in [-0.15, -0.1) is 0 Å². The quantitative estimate of drug-likeness (QED) is 0.841. The second kappa shape index (κ2) is 7.39. The average molecular weight is 328 g/mol. The standard InChI is InChI=1S/C16H18F2O5/c1-2-22-16(21)9-3-5-11(6-4-9)23-14-12(17)7-10(15(19)20)8-13(14)18/h7-9,11H,2-6H2,1H3,(H,19,20). The molecule has 0 aromatic heterocycles. The van der Waals surface area contributed by atoms with E-state index < -0.39 is 35.0 Å². The molecule has 126 valence electrons. The van der Waals surface area contributed by atoms with Crippen molar-refractivity contribution < 1.29 is 33.0 Å². The summed E-state index contributed by atoms with van der Waals surface area (Å²) in [5.41, 5.74) is -0.474. The van der Waals surface area contributed by atoms with Crippen LogP contribution in [-0.2, 0) is 9.53 Å². The number of carboxylic acid groups (broad SMARTS) is 1. The fourth-order valence-electron chi connectivity index (χ4n) is 2.64. The number of esters is 1. The van der Waals surface area contributed by atoms with E-state index in [1.54, 1.807) is 6.92 Å². The molecule has 1 fully saturated rings. The summed E-state index contributed by atoms with van der Waals surface area (Å²) in [4.78, 5) is 22.4. The van der Waals surface area contributed by atoms with Crippen LogP contribution < -0.4 is 4.74 Å². The highest BCUT2D eigenvalue weighted by molar-refractivity contribution is 5.87. The van der Waals surface area contributed by atoms with Gasteiger partial charge in [-0.3, -0.25) is 4.79 Å². The molecule has 0 bridgehead atoms. The van der Waals surface area contributed by atoms with E-state index >= 15 is 0 Å². The molecule has 1 saturated carbocycles. The first-order chi connectivity index (χ1) is 10.9. The van der Waals surface area contributed by atoms with E-state index in [1.807, 2.05) is 0 Å². The Morgan fingerprint density at radius 2 is 1.74 bits per heavy atom. The van der Waals surface area contributed by atoms with Crippen LogP contribution in [0.5, 0.6) is 5.75 Å². The number of halogens is 2. The van der Waals surface area contributed by atoms with E-state index in [2.05, 4.69) is 0 Å². The van der Waals surface area contributed by atoms with Crippen LogP contribution in [0.4, 0.5) is 8.78 Å². The molecule has 0 heterocycles. The van der Waals surface area contributed by atoms with Crippen molar-refractivity contribution in [3.05, 3.63) is 29.3 Å². The van der Waals surface area contributed by atoms with Crippen molar-refractivity contribution >= 4 is 11.9 Å². The van der Waals surface area contributed by atoms with Crippen LogP contribution in [0.3, 0.4) is 0 Å². The molecule has 0 amide bonds. The number of hydrogen-bond acceptors (Lipinski definition) is 4. The second-order valence-electron chi connectivity index (χ2n) is 5.42. The first-order valence-electron chi connectivity index (χ1n) is 7.48. The fourth-order valence-corrected chi connectivity index (χ4v) is 2.64. The van der Waals surface area contributed by atoms with Crippen molar-refractivity contribution in [3.8, 4) is 5.75 Å². The van der Waals surface area contributed by atoms with Gasteiger partial charge < -0.3 is 14.6 Å². The predicted molar refractivity (Wildman–Crippen MR) is 76.3 cm³/mol. The molecule has 23 heavy (non-hydrogen) atoms. The maximum Gasteiger partial charge on any atom is 0.335 e. The van der Waals surface area contributed by atoms with Gasteiger partial charge in [0.05, 0.1) is 24.2 Å². The Balaban J connectivity index is 1.99. The topological polar surface area (TPSA) is 72.8 Å². The third-order valence-corrected chi connectivity index (χ3v) is 3.82. The van der Waals surface area contributed by atoms with Crippen LogP contribution in [-0.4, -0.2) is 29.8 Å². The molecule has 0 saturated heterocycles. The minimum absolute atomic E-state index is 0.209. The Bertz CT molecular complexity index is 571. The fraction of sp³-hybridized carbons (Fsp3) is 0.500. The lowest BCUT2D eigenvalue weighted by Gasteiger charge is -2.28. The van der Waals surface area contributed by atoms with Gasteiger partial charge >= 0.3 is 11.9 Å². The maximum atomic E-state index is 13.8. The number of carbonyl (C=O) groups is 2. The van der Waals surface area contributed by atoms with Crippen molar-refractivity contribution in [3.63, 3.8) is 0 Å². The van der Waals surface area contributed by atoms with Crippen molar-refractivity contribution in [2.45, 2.75) is 38.7 Å². The van der Waals surface area contributed by atoms with E-state index in [0.29, 0.717) is 32.3 Å². The molecule has 0 unspecified atom stereocenters. The first kappa shape index (κ1) is 17.2. The molecule has 1 aromatic rings. The summed E-state index contributed by atoms with van der Waals surface area (Å²) < 4.78 is 38.0. The second-order valence-corrected chi connectivity index (χ2v) is 5.42. The summed E-state index contributed by atoms with van der Waals surface area (Å²) in [5, 5.41) is 8.75. The zero-order valence-corrected chi connectivity index (χ0v) is 12.7. The Hall–Kier alpha value is -2.18. The van der Waals surface area contributed by atoms with Gasteiger partial charge in [0.25, 0.3) is 0 Å². The molecule has 1 N–H and O–H groups in total. The van der Waals surface area contributed by atoms with Crippen molar-refractivity contribution in [2.75, 3.05) is 6.61 Å². The molecular weight excluding hydrogens is 310 g/mol. The molecule has 1 aliphatic carbocycles. The summed E-state index contributed by atoms with van der Waals surface area (Å²) in [6.45, 7) is 2.06. The van der Waals surface area contributed by atoms with Crippen LogP contribution >= 0.6 is 0 Å². The number of aromatic carboxylic acids is 1. The smallest absolute Gasteiger partial charge is 0.335 e. The number of hydrogen-bond donors (Lipinski definition) is 1. The highest BCUT2D eigenvalue weighted by Crippen LogP contribution is 2.31. The Labute approximate surface area is 132 Å². The predicted octanol–water partition coefficient (Wildman–Crippen LogP) is 3.16. The molecule has 5 nitrogen and oxygen atoms in total. The number of carboxylic acids is 1.